The molecule has 0 saturated heterocycles. The molecule has 6 nitrogen and oxygen atoms in total. The Morgan fingerprint density at radius 3 is 2.65 bits per heavy atom. The minimum atomic E-state index is 0.210. The second-order valence-corrected chi connectivity index (χ2v) is 3.85. The van der Waals surface area contributed by atoms with Gasteiger partial charge in [-0.1, -0.05) is 0 Å². The van der Waals surface area contributed by atoms with E-state index in [2.05, 4.69) is 10.3 Å². The first-order valence-corrected chi connectivity index (χ1v) is 5.48. The van der Waals surface area contributed by atoms with E-state index in [4.69, 9.17) is 10.8 Å². The summed E-state index contributed by atoms with van der Waals surface area (Å²) in [7, 11) is 5.22. The highest BCUT2D eigenvalue weighted by molar-refractivity contribution is 5.95. The summed E-state index contributed by atoms with van der Waals surface area (Å²) in [5, 5.41) is 18.2. The van der Waals surface area contributed by atoms with Gasteiger partial charge < -0.3 is 15.2 Å². The Hall–Kier alpha value is -1.98. The van der Waals surface area contributed by atoms with E-state index in [9.17, 15) is 0 Å². The van der Waals surface area contributed by atoms with Gasteiger partial charge in [-0.2, -0.15) is 0 Å². The van der Waals surface area contributed by atoms with Gasteiger partial charge in [0, 0.05) is 46.0 Å². The highest BCUT2D eigenvalue weighted by atomic mass is 15.4. The van der Waals surface area contributed by atoms with E-state index < -0.39 is 0 Å². The van der Waals surface area contributed by atoms with Crippen molar-refractivity contribution in [3.63, 3.8) is 0 Å². The van der Waals surface area contributed by atoms with Gasteiger partial charge in [0.25, 0.3) is 0 Å². The zero-order valence-electron chi connectivity index (χ0n) is 10.5. The summed E-state index contributed by atoms with van der Waals surface area (Å²) in [6.07, 6.45) is 2.75. The second-order valence-electron chi connectivity index (χ2n) is 3.85. The van der Waals surface area contributed by atoms with Gasteiger partial charge in [0.05, 0.1) is 0 Å². The van der Waals surface area contributed by atoms with Crippen LogP contribution < -0.4 is 5.32 Å². The molecule has 0 atom stereocenters. The Kier molecular flexibility index (Phi) is 4.56. The van der Waals surface area contributed by atoms with Crippen molar-refractivity contribution in [2.24, 2.45) is 0 Å². The monoisotopic (exact) mass is 236 g/mol. The first-order valence-electron chi connectivity index (χ1n) is 5.48. The molecule has 17 heavy (non-hydrogen) atoms. The molecular weight excluding hydrogens is 216 g/mol. The van der Waals surface area contributed by atoms with E-state index in [1.165, 1.54) is 4.90 Å². The molecule has 94 valence electrons. The van der Waals surface area contributed by atoms with Crippen LogP contribution in [0.1, 0.15) is 5.69 Å². The molecule has 6 heteroatoms. The minimum absolute atomic E-state index is 0.210. The summed E-state index contributed by atoms with van der Waals surface area (Å²) >= 11 is 0. The van der Waals surface area contributed by atoms with Gasteiger partial charge in [0.2, 0.25) is 0 Å². The number of hydrogen-bond donors (Lipinski definition) is 4. The van der Waals surface area contributed by atoms with Crippen LogP contribution in [0.5, 0.6) is 0 Å². The lowest BCUT2D eigenvalue weighted by atomic mass is 10.3. The van der Waals surface area contributed by atoms with Gasteiger partial charge in [-0.3, -0.25) is 15.7 Å². The normalized spacial score (nSPS) is 9.82. The average molecular weight is 236 g/mol. The van der Waals surface area contributed by atoms with Crippen LogP contribution in [0.2, 0.25) is 0 Å². The molecule has 0 radical (unpaired) electrons. The van der Waals surface area contributed by atoms with Gasteiger partial charge in [-0.15, -0.1) is 0 Å². The van der Waals surface area contributed by atoms with Gasteiger partial charge >= 0.3 is 0 Å². The summed E-state index contributed by atoms with van der Waals surface area (Å²) < 4.78 is 0. The molecule has 1 heterocycles. The summed E-state index contributed by atoms with van der Waals surface area (Å²) in [6, 6.07) is 3.99. The van der Waals surface area contributed by atoms with E-state index in [-0.39, 0.29) is 5.96 Å². The van der Waals surface area contributed by atoms with E-state index in [0.29, 0.717) is 5.96 Å². The predicted molar refractivity (Wildman–Crippen MR) is 69.4 cm³/mol. The number of nitrogens with zero attached hydrogens (tertiary/aromatic N) is 2. The Morgan fingerprint density at radius 1 is 1.41 bits per heavy atom. The lowest BCUT2D eigenvalue weighted by molar-refractivity contribution is 0.445. The van der Waals surface area contributed by atoms with Crippen molar-refractivity contribution >= 4 is 11.9 Å². The maximum atomic E-state index is 7.92. The summed E-state index contributed by atoms with van der Waals surface area (Å²) in [4.78, 5) is 6.44. The molecule has 0 spiro atoms. The zero-order chi connectivity index (χ0) is 12.8. The largest absolute Gasteiger partial charge is 0.365 e. The molecule has 0 amide bonds. The van der Waals surface area contributed by atoms with Crippen molar-refractivity contribution < 1.29 is 0 Å². The van der Waals surface area contributed by atoms with Crippen LogP contribution in [0.25, 0.3) is 0 Å². The minimum Gasteiger partial charge on any atom is -0.365 e. The Balaban J connectivity index is 2.44. The number of aromatic nitrogens is 1. The fourth-order valence-electron chi connectivity index (χ4n) is 1.45. The van der Waals surface area contributed by atoms with Crippen molar-refractivity contribution in [2.75, 3.05) is 27.7 Å². The van der Waals surface area contributed by atoms with Crippen molar-refractivity contribution in [2.45, 2.75) is 6.42 Å². The summed E-state index contributed by atoms with van der Waals surface area (Å²) in [6.45, 7) is 0.737. The van der Waals surface area contributed by atoms with Gasteiger partial charge in [-0.25, -0.2) is 0 Å². The highest BCUT2D eigenvalue weighted by Crippen LogP contribution is 1.99. The third-order valence-electron chi connectivity index (χ3n) is 2.63. The lowest BCUT2D eigenvalue weighted by Gasteiger charge is -2.27. The number of guanidine groups is 2. The van der Waals surface area contributed by atoms with Crippen LogP contribution in [0, 0.1) is 10.8 Å². The van der Waals surface area contributed by atoms with Gasteiger partial charge in [0.1, 0.15) is 0 Å². The van der Waals surface area contributed by atoms with Crippen molar-refractivity contribution in [3.8, 4) is 0 Å². The van der Waals surface area contributed by atoms with Gasteiger partial charge in [0.15, 0.2) is 11.9 Å². The Morgan fingerprint density at radius 2 is 2.12 bits per heavy atom. The number of hydrogen-bond acceptors (Lipinski definition) is 2. The van der Waals surface area contributed by atoms with Crippen LogP contribution in [0.3, 0.4) is 0 Å². The molecular formula is C11H20N6. The molecule has 1 aromatic heterocycles. The van der Waals surface area contributed by atoms with E-state index in [1.54, 1.807) is 14.1 Å². The molecule has 0 bridgehead atoms. The Bertz CT molecular complexity index is 369. The maximum absolute atomic E-state index is 7.92. The standard InChI is InChI=1S/C11H20N6/c1-14-10(12)17(3)11(13)16(2)8-6-9-5-4-7-15-9/h4-5,7,13,15H,6,8H2,1-3H3,(H2,12,14). The number of aromatic amines is 1. The second kappa shape index (κ2) is 5.93. The highest BCUT2D eigenvalue weighted by Gasteiger charge is 2.12. The summed E-state index contributed by atoms with van der Waals surface area (Å²) in [5.41, 5.74) is 1.15. The summed E-state index contributed by atoms with van der Waals surface area (Å²) in [5.74, 6) is 0.512. The molecule has 0 aliphatic rings. The van der Waals surface area contributed by atoms with Crippen LogP contribution in [0.4, 0.5) is 0 Å². The first kappa shape index (κ1) is 13.1. The maximum Gasteiger partial charge on any atom is 0.200 e. The SMILES string of the molecule is CNC(=N)N(C)C(=N)N(C)CCc1ccc[nH]1. The average Bonchev–Trinajstić information content (AvgIpc) is 2.86. The quantitative estimate of drug-likeness (QED) is 0.456. The third kappa shape index (κ3) is 3.51. The van der Waals surface area contributed by atoms with E-state index in [0.717, 1.165) is 18.7 Å². The van der Waals surface area contributed by atoms with Crippen molar-refractivity contribution in [1.29, 1.82) is 10.8 Å². The van der Waals surface area contributed by atoms with Crippen molar-refractivity contribution in [3.05, 3.63) is 24.0 Å². The number of nitrogens with one attached hydrogen (secondary N) is 4. The third-order valence-corrected chi connectivity index (χ3v) is 2.63. The molecule has 1 rings (SSSR count). The van der Waals surface area contributed by atoms with Crippen LogP contribution in [-0.4, -0.2) is 54.4 Å². The fourth-order valence-corrected chi connectivity index (χ4v) is 1.45. The molecule has 0 aliphatic heterocycles. The molecule has 0 fully saturated rings. The van der Waals surface area contributed by atoms with Gasteiger partial charge in [-0.05, 0) is 12.1 Å². The predicted octanol–water partition coefficient (Wildman–Crippen LogP) is 0.510. The van der Waals surface area contributed by atoms with E-state index >= 15 is 0 Å². The zero-order valence-corrected chi connectivity index (χ0v) is 10.5. The smallest absolute Gasteiger partial charge is 0.200 e. The topological polar surface area (TPSA) is 82.0 Å². The number of rotatable bonds is 3. The van der Waals surface area contributed by atoms with Crippen molar-refractivity contribution in [1.82, 2.24) is 20.1 Å². The molecule has 1 aromatic rings. The number of H-pyrrole nitrogens is 1. The Labute approximate surface area is 102 Å². The van der Waals surface area contributed by atoms with Crippen LogP contribution in [-0.2, 0) is 6.42 Å². The molecule has 0 aromatic carbocycles. The first-order chi connectivity index (χ1) is 8.06. The van der Waals surface area contributed by atoms with E-state index in [1.807, 2.05) is 30.3 Å². The fraction of sp³-hybridized carbons (Fsp3) is 0.455. The molecule has 0 unspecified atom stereocenters. The molecule has 0 saturated carbocycles. The molecule has 4 N–H and O–H groups in total. The van der Waals surface area contributed by atoms with Crippen LogP contribution >= 0.6 is 0 Å². The molecule has 0 aliphatic carbocycles. The number of likely N-dealkylation sites (N-methyl/N-ethyl adjacent to an activating group) is 1. The lowest BCUT2D eigenvalue weighted by Crippen LogP contribution is -2.47. The van der Waals surface area contributed by atoms with Crippen LogP contribution in [0.15, 0.2) is 18.3 Å².